The van der Waals surface area contributed by atoms with Gasteiger partial charge in [0, 0.05) is 8.95 Å². The highest BCUT2D eigenvalue weighted by molar-refractivity contribution is 9.11. The van der Waals surface area contributed by atoms with Gasteiger partial charge in [0.15, 0.2) is 0 Å². The third kappa shape index (κ3) is 4.97. The number of rotatable bonds is 5. The zero-order valence-corrected chi connectivity index (χ0v) is 18.4. The summed E-state index contributed by atoms with van der Waals surface area (Å²) in [6, 6.07) is 10.1. The minimum atomic E-state index is -4.05. The first-order chi connectivity index (χ1) is 10.3. The summed E-state index contributed by atoms with van der Waals surface area (Å²) in [7, 11) is -4.05. The van der Waals surface area contributed by atoms with Crippen molar-refractivity contribution >= 4 is 83.4 Å². The number of hydrogen-bond donors (Lipinski definition) is 0. The van der Waals surface area contributed by atoms with Crippen molar-refractivity contribution in [2.24, 2.45) is 0 Å². The second-order valence-corrected chi connectivity index (χ2v) is 9.20. The van der Waals surface area contributed by atoms with Gasteiger partial charge in [-0.1, -0.05) is 31.9 Å². The lowest BCUT2D eigenvalue weighted by atomic mass is 10.3. The highest BCUT2D eigenvalue weighted by Crippen LogP contribution is 2.53. The molecule has 118 valence electrons. The fraction of sp³-hybridized carbons (Fsp3) is 0. The number of halogens is 5. The molecule has 0 aliphatic rings. The van der Waals surface area contributed by atoms with Crippen molar-refractivity contribution in [1.29, 1.82) is 0 Å². The zero-order valence-electron chi connectivity index (χ0n) is 10.4. The van der Waals surface area contributed by atoms with Crippen molar-refractivity contribution in [1.82, 2.24) is 0 Å². The lowest BCUT2D eigenvalue weighted by Crippen LogP contribution is -2.02. The summed E-state index contributed by atoms with van der Waals surface area (Å²) in [5.74, 6) is 0.529. The van der Waals surface area contributed by atoms with E-state index in [4.69, 9.17) is 20.9 Å². The van der Waals surface area contributed by atoms with Crippen LogP contribution in [0.2, 0.25) is 0 Å². The molecule has 0 saturated heterocycles. The second kappa shape index (κ2) is 8.01. The Morgan fingerprint density at radius 3 is 1.55 bits per heavy atom. The van der Waals surface area contributed by atoms with E-state index in [2.05, 4.69) is 67.8 Å². The molecule has 0 aliphatic heterocycles. The van der Waals surface area contributed by atoms with Crippen LogP contribution >= 0.6 is 83.4 Å². The highest BCUT2D eigenvalue weighted by Gasteiger charge is 2.32. The maximum absolute atomic E-state index is 12.5. The van der Waals surface area contributed by atoms with Crippen LogP contribution in [0.1, 0.15) is 0 Å². The van der Waals surface area contributed by atoms with Crippen molar-refractivity contribution in [3.63, 3.8) is 0 Å². The number of phosphoric acid groups is 1. The summed E-state index contributed by atoms with van der Waals surface area (Å²) in [6.07, 6.45) is 0. The molecule has 2 aromatic carbocycles. The Bertz CT molecular complexity index is 686. The van der Waals surface area contributed by atoms with Gasteiger partial charge in [-0.25, -0.2) is 4.57 Å². The highest BCUT2D eigenvalue weighted by atomic mass is 79.9. The molecule has 0 bridgehead atoms. The van der Waals surface area contributed by atoms with E-state index in [0.717, 1.165) is 8.95 Å². The quantitative estimate of drug-likeness (QED) is 0.334. The third-order valence-corrected chi connectivity index (χ3v) is 6.04. The van der Waals surface area contributed by atoms with Gasteiger partial charge in [-0.15, -0.1) is 0 Å². The first-order valence-electron chi connectivity index (χ1n) is 5.52. The zero-order chi connectivity index (χ0) is 16.3. The van der Waals surface area contributed by atoms with Gasteiger partial charge in [0.25, 0.3) is 0 Å². The van der Waals surface area contributed by atoms with Gasteiger partial charge in [-0.2, -0.15) is 4.08 Å². The summed E-state index contributed by atoms with van der Waals surface area (Å²) < 4.78 is 30.4. The Hall–Kier alpha value is 0.440. The molecule has 10 heteroatoms. The SMILES string of the molecule is O=P(OCl)(Oc1ccc(Br)cc1Br)Oc1ccc(Br)cc1Br. The van der Waals surface area contributed by atoms with Crippen LogP contribution in [-0.2, 0) is 8.64 Å². The van der Waals surface area contributed by atoms with Crippen LogP contribution in [0.4, 0.5) is 0 Å². The molecular weight excluding hydrogens is 594 g/mol. The smallest absolute Gasteiger partial charge is 0.393 e. The molecule has 2 rings (SSSR count). The van der Waals surface area contributed by atoms with Gasteiger partial charge in [0.1, 0.15) is 11.5 Å². The summed E-state index contributed by atoms with van der Waals surface area (Å²) in [4.78, 5) is 0. The van der Waals surface area contributed by atoms with Gasteiger partial charge in [0.2, 0.25) is 0 Å². The molecule has 0 aromatic heterocycles. The van der Waals surface area contributed by atoms with E-state index >= 15 is 0 Å². The van der Waals surface area contributed by atoms with Crippen LogP contribution in [0, 0.1) is 0 Å². The van der Waals surface area contributed by atoms with Crippen LogP contribution in [-0.4, -0.2) is 0 Å². The summed E-state index contributed by atoms with van der Waals surface area (Å²) in [6.45, 7) is 0. The minimum Gasteiger partial charge on any atom is -0.393 e. The lowest BCUT2D eigenvalue weighted by Gasteiger charge is -2.17. The van der Waals surface area contributed by atoms with E-state index < -0.39 is 7.82 Å². The molecule has 0 amide bonds. The summed E-state index contributed by atoms with van der Waals surface area (Å²) >= 11 is 18.5. The van der Waals surface area contributed by atoms with Gasteiger partial charge in [0.05, 0.1) is 20.8 Å². The molecule has 0 atom stereocenters. The maximum atomic E-state index is 12.5. The first kappa shape index (κ1) is 18.8. The van der Waals surface area contributed by atoms with E-state index in [-0.39, 0.29) is 11.5 Å². The lowest BCUT2D eigenvalue weighted by molar-refractivity contribution is 0.306. The first-order valence-corrected chi connectivity index (χ1v) is 10.5. The average molecular weight is 600 g/mol. The molecule has 2 aromatic rings. The topological polar surface area (TPSA) is 44.8 Å². The van der Waals surface area contributed by atoms with Gasteiger partial charge in [-0.05, 0) is 68.3 Å². The van der Waals surface area contributed by atoms with E-state index in [0.29, 0.717) is 8.95 Å². The Morgan fingerprint density at radius 2 is 1.23 bits per heavy atom. The molecule has 0 saturated carbocycles. The van der Waals surface area contributed by atoms with E-state index in [9.17, 15) is 4.57 Å². The number of benzene rings is 2. The maximum Gasteiger partial charge on any atom is 0.604 e. The Kier molecular flexibility index (Phi) is 6.84. The summed E-state index contributed by atoms with van der Waals surface area (Å²) in [5, 5.41) is 0. The molecule has 0 radical (unpaired) electrons. The largest absolute Gasteiger partial charge is 0.604 e. The molecule has 0 aliphatic carbocycles. The number of phosphoric ester groups is 1. The predicted octanol–water partition coefficient (Wildman–Crippen LogP) is 7.47. The number of hydrogen-bond acceptors (Lipinski definition) is 4. The predicted molar refractivity (Wildman–Crippen MR) is 99.5 cm³/mol. The Labute approximate surface area is 165 Å². The van der Waals surface area contributed by atoms with Crippen LogP contribution < -0.4 is 9.05 Å². The molecule has 22 heavy (non-hydrogen) atoms. The summed E-state index contributed by atoms with van der Waals surface area (Å²) in [5.41, 5.74) is 0. The Morgan fingerprint density at radius 1 is 0.818 bits per heavy atom. The average Bonchev–Trinajstić information content (AvgIpc) is 2.45. The standard InChI is InChI=1S/C12H6Br4ClO4P/c13-7-1-3-11(9(15)5-7)19-22(18,21-17)20-12-4-2-8(14)6-10(12)16/h1-6H. The monoisotopic (exact) mass is 596 g/mol. The van der Waals surface area contributed by atoms with Crippen LogP contribution in [0.3, 0.4) is 0 Å². The fourth-order valence-electron chi connectivity index (χ4n) is 1.39. The molecule has 0 heterocycles. The molecule has 0 spiro atoms. The molecule has 0 unspecified atom stereocenters. The molecule has 0 N–H and O–H groups in total. The normalized spacial score (nSPS) is 11.3. The molecular formula is C12H6Br4ClO4P. The van der Waals surface area contributed by atoms with Crippen LogP contribution in [0.15, 0.2) is 54.3 Å². The van der Waals surface area contributed by atoms with Crippen LogP contribution in [0.25, 0.3) is 0 Å². The molecule has 0 fully saturated rings. The fourth-order valence-corrected chi connectivity index (χ4v) is 4.96. The van der Waals surface area contributed by atoms with Gasteiger partial charge in [-0.3, -0.25) is 0 Å². The van der Waals surface area contributed by atoms with Gasteiger partial charge >= 0.3 is 7.82 Å². The van der Waals surface area contributed by atoms with Crippen molar-refractivity contribution in [3.8, 4) is 11.5 Å². The second-order valence-electron chi connectivity index (χ2n) is 3.85. The van der Waals surface area contributed by atoms with E-state index in [1.165, 1.54) is 0 Å². The van der Waals surface area contributed by atoms with E-state index in [1.807, 2.05) is 0 Å². The van der Waals surface area contributed by atoms with Crippen molar-refractivity contribution in [2.75, 3.05) is 0 Å². The minimum absolute atomic E-state index is 0.264. The van der Waals surface area contributed by atoms with Crippen molar-refractivity contribution in [2.45, 2.75) is 0 Å². The molecule has 4 nitrogen and oxygen atoms in total. The van der Waals surface area contributed by atoms with Crippen LogP contribution in [0.5, 0.6) is 11.5 Å². The van der Waals surface area contributed by atoms with E-state index in [1.54, 1.807) is 36.4 Å². The van der Waals surface area contributed by atoms with Crippen molar-refractivity contribution in [3.05, 3.63) is 54.3 Å². The third-order valence-electron chi connectivity index (χ3n) is 2.29. The van der Waals surface area contributed by atoms with Crippen molar-refractivity contribution < 1.29 is 17.7 Å². The van der Waals surface area contributed by atoms with Gasteiger partial charge < -0.3 is 9.05 Å². The Balaban J connectivity index is 2.26.